The van der Waals surface area contributed by atoms with Gasteiger partial charge < -0.3 is 14.9 Å². The quantitative estimate of drug-likeness (QED) is 0.153. The van der Waals surface area contributed by atoms with Crippen molar-refractivity contribution in [3.63, 3.8) is 0 Å². The summed E-state index contributed by atoms with van der Waals surface area (Å²) in [6.45, 7) is 10.9. The van der Waals surface area contributed by atoms with Crippen molar-refractivity contribution in [1.29, 1.82) is 0 Å². The molecule has 0 aliphatic heterocycles. The number of nitrogens with one attached hydrogen (secondary N) is 1. The molecule has 3 saturated carbocycles. The number of rotatable bonds is 8. The molecule has 3 heteroatoms. The molecule has 1 atom stereocenters. The van der Waals surface area contributed by atoms with Gasteiger partial charge in [-0.3, -0.25) is 0 Å². The molecule has 1 aromatic heterocycles. The van der Waals surface area contributed by atoms with E-state index in [4.69, 9.17) is 0 Å². The van der Waals surface area contributed by atoms with Gasteiger partial charge in [0.25, 0.3) is 0 Å². The van der Waals surface area contributed by atoms with Gasteiger partial charge >= 0.3 is 45.5 Å². The van der Waals surface area contributed by atoms with Crippen molar-refractivity contribution in [2.75, 3.05) is 0 Å². The fourth-order valence-corrected chi connectivity index (χ4v) is 12.1. The Morgan fingerprint density at radius 3 is 1.26 bits per heavy atom. The second kappa shape index (κ2) is 32.0. The van der Waals surface area contributed by atoms with Gasteiger partial charge in [0.2, 0.25) is 0 Å². The van der Waals surface area contributed by atoms with Crippen LogP contribution in [-0.2, 0) is 0 Å². The van der Waals surface area contributed by atoms with Crippen molar-refractivity contribution < 1.29 is 4.98 Å². The van der Waals surface area contributed by atoms with Gasteiger partial charge in [0, 0.05) is 20.1 Å². The fourth-order valence-electron chi connectivity index (χ4n) is 6.84. The molecule has 3 aliphatic rings. The number of aromatic nitrogens is 1. The van der Waals surface area contributed by atoms with E-state index in [9.17, 15) is 0 Å². The fraction of sp³-hybridized carbons (Fsp3) is 0.806. The third-order valence-corrected chi connectivity index (χ3v) is 13.2. The Balaban J connectivity index is -0.000000549. The average molecular weight is 638 g/mol. The summed E-state index contributed by atoms with van der Waals surface area (Å²) in [5.74, 6) is 0.968. The van der Waals surface area contributed by atoms with Crippen LogP contribution in [0.2, 0.25) is 0 Å². The summed E-state index contributed by atoms with van der Waals surface area (Å²) >= 11 is 0. The van der Waals surface area contributed by atoms with Gasteiger partial charge in [0.05, 0.1) is 17.0 Å². The molecule has 3 aliphatic carbocycles. The maximum Gasteiger partial charge on any atom is 2.00 e. The Hall–Kier alpha value is 1.06. The Morgan fingerprint density at radius 2 is 1.00 bits per heavy atom. The second-order valence-electron chi connectivity index (χ2n) is 11.6. The molecule has 0 amide bonds. The standard InChI is InChI=1S/C18H33P.C9H20.C5H5N.C2H6.2CH3.Sr/c1-4-10-16(11-5-1)19(17-12-6-2-7-13-17)18-14-8-3-9-15-18;1-4-6-8-9(3)7-5-2;1-2-4-6-5-3-1;1-2;;;/h16-18H,1-15H2;9H,4-8H2,1-3H3;1-5H;1-2H3;2*1H3;/q;;;;2*-1;+2/p+2. The maximum atomic E-state index is 2.89. The summed E-state index contributed by atoms with van der Waals surface area (Å²) in [6, 6.07) is 5.86. The molecule has 1 heterocycles. The molecule has 0 radical (unpaired) electrons. The van der Waals surface area contributed by atoms with Gasteiger partial charge in [-0.05, 0) is 83.0 Å². The molecule has 1 unspecified atom stereocenters. The molecule has 1 N–H and O–H groups in total. The van der Waals surface area contributed by atoms with E-state index >= 15 is 0 Å². The number of H-pyrrole nitrogens is 1. The Bertz CT molecular complexity index is 481. The van der Waals surface area contributed by atoms with E-state index in [2.05, 4.69) is 25.8 Å². The molecule has 0 saturated heterocycles. The predicted octanol–water partition coefficient (Wildman–Crippen LogP) is 11.9. The SMILES string of the molecule is C1CCC([PH+](C2CCCCC2)C2CCCCC2)CC1.CC.CCCCC(C)CCC.[CH3-].[CH3-].[Sr+2].c1cc[nH+]cc1. The molecular weight excluding hydrogens is 565 g/mol. The largest absolute Gasteiger partial charge is 2.00 e. The van der Waals surface area contributed by atoms with Crippen molar-refractivity contribution in [2.24, 2.45) is 5.92 Å². The van der Waals surface area contributed by atoms with Crippen molar-refractivity contribution in [2.45, 2.75) is 180 Å². The van der Waals surface area contributed by atoms with Crippen LogP contribution < -0.4 is 4.98 Å². The first-order chi connectivity index (χ1) is 17.8. The molecule has 1 nitrogen and oxygen atoms in total. The minimum atomic E-state index is -0.0465. The van der Waals surface area contributed by atoms with Gasteiger partial charge in [-0.15, -0.1) is 0 Å². The van der Waals surface area contributed by atoms with Crippen LogP contribution in [0.15, 0.2) is 30.6 Å². The topological polar surface area (TPSA) is 14.1 Å². The van der Waals surface area contributed by atoms with Gasteiger partial charge in [-0.25, -0.2) is 4.98 Å². The van der Waals surface area contributed by atoms with Gasteiger partial charge in [-0.1, -0.05) is 92.1 Å². The zero-order chi connectivity index (χ0) is 26.3. The van der Waals surface area contributed by atoms with Crippen LogP contribution in [0.25, 0.3) is 0 Å². The van der Waals surface area contributed by atoms with Crippen molar-refractivity contribution in [1.82, 2.24) is 0 Å². The average Bonchev–Trinajstić information content (AvgIpc) is 2.97. The molecule has 0 bridgehead atoms. The zero-order valence-electron chi connectivity index (χ0n) is 28.0. The van der Waals surface area contributed by atoms with Crippen molar-refractivity contribution in [3.05, 3.63) is 45.4 Å². The van der Waals surface area contributed by atoms with Gasteiger partial charge in [-0.2, -0.15) is 0 Å². The van der Waals surface area contributed by atoms with Crippen LogP contribution in [-0.4, -0.2) is 62.5 Å². The van der Waals surface area contributed by atoms with E-state index in [-0.39, 0.29) is 68.3 Å². The summed E-state index contributed by atoms with van der Waals surface area (Å²) in [5.41, 5.74) is 3.68. The smallest absolute Gasteiger partial charge is 0.358 e. The molecule has 0 aromatic carbocycles. The molecular formula is C36H72NPSr+2. The van der Waals surface area contributed by atoms with E-state index in [0.717, 1.165) is 5.92 Å². The van der Waals surface area contributed by atoms with Crippen molar-refractivity contribution >= 4 is 53.4 Å². The Morgan fingerprint density at radius 1 is 0.615 bits per heavy atom. The summed E-state index contributed by atoms with van der Waals surface area (Å²) < 4.78 is 0. The summed E-state index contributed by atoms with van der Waals surface area (Å²) in [5, 5.41) is 0. The minimum absolute atomic E-state index is 0. The predicted molar refractivity (Wildman–Crippen MR) is 185 cm³/mol. The second-order valence-corrected chi connectivity index (χ2v) is 15.1. The third-order valence-electron chi connectivity index (χ3n) is 8.67. The third kappa shape index (κ3) is 21.4. The number of hydrogen-bond donors (Lipinski definition) is 0. The molecule has 1 aromatic rings. The molecule has 4 rings (SSSR count). The molecule has 226 valence electrons. The summed E-state index contributed by atoms with van der Waals surface area (Å²) in [6.07, 6.45) is 34.5. The van der Waals surface area contributed by atoms with E-state index in [1.165, 1.54) is 49.1 Å². The van der Waals surface area contributed by atoms with Crippen LogP contribution in [0.5, 0.6) is 0 Å². The van der Waals surface area contributed by atoms with Crippen LogP contribution in [0.3, 0.4) is 0 Å². The maximum absolute atomic E-state index is 2.89. The first-order valence-electron chi connectivity index (χ1n) is 16.5. The summed E-state index contributed by atoms with van der Waals surface area (Å²) in [7, 11) is -0.0465. The van der Waals surface area contributed by atoms with E-state index < -0.39 is 0 Å². The van der Waals surface area contributed by atoms with Crippen LogP contribution in [0, 0.1) is 20.8 Å². The van der Waals surface area contributed by atoms with Crippen LogP contribution >= 0.6 is 7.92 Å². The molecule has 39 heavy (non-hydrogen) atoms. The van der Waals surface area contributed by atoms with Gasteiger partial charge in [0.1, 0.15) is 0 Å². The normalized spacial score (nSPS) is 18.6. The first kappa shape index (κ1) is 44.5. The van der Waals surface area contributed by atoms with Gasteiger partial charge in [0.15, 0.2) is 12.4 Å². The van der Waals surface area contributed by atoms with E-state index in [1.54, 1.807) is 96.3 Å². The zero-order valence-corrected chi connectivity index (χ0v) is 32.5. The monoisotopic (exact) mass is 637 g/mol. The Labute approximate surface area is 287 Å². The van der Waals surface area contributed by atoms with E-state index in [0.29, 0.717) is 0 Å². The minimum Gasteiger partial charge on any atom is -0.358 e. The Kier molecular flexibility index (Phi) is 36.5. The summed E-state index contributed by atoms with van der Waals surface area (Å²) in [4.78, 5) is 2.89. The number of aromatic amines is 1. The van der Waals surface area contributed by atoms with Crippen LogP contribution in [0.1, 0.15) is 163 Å². The first-order valence-corrected chi connectivity index (χ1v) is 18.3. The van der Waals surface area contributed by atoms with Crippen molar-refractivity contribution in [3.8, 4) is 0 Å². The van der Waals surface area contributed by atoms with Crippen LogP contribution in [0.4, 0.5) is 0 Å². The molecule has 3 fully saturated rings. The number of hydrogen-bond acceptors (Lipinski definition) is 0. The number of unbranched alkanes of at least 4 members (excludes halogenated alkanes) is 1. The number of pyridine rings is 1. The molecule has 0 spiro atoms. The van der Waals surface area contributed by atoms with E-state index in [1.807, 2.05) is 44.4 Å².